The molecule has 3 N–H and O–H groups in total. The van der Waals surface area contributed by atoms with E-state index in [1.54, 1.807) is 7.11 Å². The molecule has 0 unspecified atom stereocenters. The standard InChI is InChI=1S/C16H25NO2/c1-11-12(2)15(18)14(19-3)9-13(11)16(10-17)7-5-4-6-8-16/h9,18H,4-8,10,17H2,1-3H3. The van der Waals surface area contributed by atoms with Crippen molar-refractivity contribution in [3.63, 3.8) is 0 Å². The number of phenols is 1. The van der Waals surface area contributed by atoms with E-state index in [0.717, 1.165) is 24.0 Å². The van der Waals surface area contributed by atoms with E-state index >= 15 is 0 Å². The average Bonchev–Trinajstić information content (AvgIpc) is 2.46. The van der Waals surface area contributed by atoms with Gasteiger partial charge in [0.25, 0.3) is 0 Å². The Balaban J connectivity index is 2.57. The summed E-state index contributed by atoms with van der Waals surface area (Å²) < 4.78 is 5.31. The van der Waals surface area contributed by atoms with Crippen molar-refractivity contribution < 1.29 is 9.84 Å². The topological polar surface area (TPSA) is 55.5 Å². The number of ether oxygens (including phenoxy) is 1. The molecule has 2 rings (SSSR count). The van der Waals surface area contributed by atoms with Crippen molar-refractivity contribution in [3.8, 4) is 11.5 Å². The summed E-state index contributed by atoms with van der Waals surface area (Å²) in [6.07, 6.45) is 6.04. The molecule has 0 heterocycles. The Bertz CT molecular complexity index is 462. The molecule has 3 nitrogen and oxygen atoms in total. The van der Waals surface area contributed by atoms with Crippen LogP contribution in [0.1, 0.15) is 48.8 Å². The second-order valence-electron chi connectivity index (χ2n) is 5.77. The molecule has 0 aliphatic heterocycles. The van der Waals surface area contributed by atoms with E-state index in [-0.39, 0.29) is 11.2 Å². The molecule has 1 aliphatic carbocycles. The second-order valence-corrected chi connectivity index (χ2v) is 5.77. The minimum Gasteiger partial charge on any atom is -0.504 e. The number of phenolic OH excluding ortho intramolecular Hbond substituents is 1. The zero-order valence-corrected chi connectivity index (χ0v) is 12.3. The zero-order chi connectivity index (χ0) is 14.0. The lowest BCUT2D eigenvalue weighted by Gasteiger charge is -2.38. The van der Waals surface area contributed by atoms with Gasteiger partial charge in [0, 0.05) is 12.0 Å². The lowest BCUT2D eigenvalue weighted by Crippen LogP contribution is -2.38. The van der Waals surface area contributed by atoms with Crippen molar-refractivity contribution >= 4 is 0 Å². The molecule has 1 aliphatic rings. The highest BCUT2D eigenvalue weighted by molar-refractivity contribution is 5.55. The number of benzene rings is 1. The predicted octanol–water partition coefficient (Wildman–Crippen LogP) is 3.18. The molecule has 1 aromatic rings. The molecular weight excluding hydrogens is 238 g/mol. The van der Waals surface area contributed by atoms with E-state index in [4.69, 9.17) is 10.5 Å². The normalized spacial score (nSPS) is 18.3. The van der Waals surface area contributed by atoms with Crippen molar-refractivity contribution in [1.82, 2.24) is 0 Å². The molecule has 1 saturated carbocycles. The molecule has 0 aromatic heterocycles. The highest BCUT2D eigenvalue weighted by Gasteiger charge is 2.35. The summed E-state index contributed by atoms with van der Waals surface area (Å²) in [6, 6.07) is 2.00. The van der Waals surface area contributed by atoms with E-state index in [1.165, 1.54) is 24.8 Å². The van der Waals surface area contributed by atoms with E-state index in [1.807, 2.05) is 13.0 Å². The van der Waals surface area contributed by atoms with Gasteiger partial charge in [-0.15, -0.1) is 0 Å². The first kappa shape index (κ1) is 14.2. The first-order chi connectivity index (χ1) is 9.05. The summed E-state index contributed by atoms with van der Waals surface area (Å²) in [4.78, 5) is 0. The average molecular weight is 263 g/mol. The molecular formula is C16H25NO2. The summed E-state index contributed by atoms with van der Waals surface area (Å²) >= 11 is 0. The van der Waals surface area contributed by atoms with Crippen molar-refractivity contribution in [2.75, 3.05) is 13.7 Å². The van der Waals surface area contributed by atoms with Crippen LogP contribution in [0.5, 0.6) is 11.5 Å². The fourth-order valence-electron chi connectivity index (χ4n) is 3.39. The highest BCUT2D eigenvalue weighted by Crippen LogP contribution is 2.44. The predicted molar refractivity (Wildman–Crippen MR) is 78.0 cm³/mol. The molecule has 0 spiro atoms. The maximum Gasteiger partial charge on any atom is 0.161 e. The monoisotopic (exact) mass is 263 g/mol. The molecule has 0 saturated heterocycles. The van der Waals surface area contributed by atoms with Gasteiger partial charge in [0.05, 0.1) is 7.11 Å². The summed E-state index contributed by atoms with van der Waals surface area (Å²) in [7, 11) is 1.60. The van der Waals surface area contributed by atoms with Crippen LogP contribution in [-0.4, -0.2) is 18.8 Å². The number of rotatable bonds is 3. The van der Waals surface area contributed by atoms with E-state index in [9.17, 15) is 5.11 Å². The summed E-state index contributed by atoms with van der Waals surface area (Å²) in [5.74, 6) is 0.822. The minimum atomic E-state index is 0.0636. The van der Waals surface area contributed by atoms with Crippen LogP contribution in [-0.2, 0) is 5.41 Å². The molecule has 106 valence electrons. The molecule has 1 aromatic carbocycles. The van der Waals surface area contributed by atoms with Gasteiger partial charge in [0.15, 0.2) is 11.5 Å². The third kappa shape index (κ3) is 2.32. The minimum absolute atomic E-state index is 0.0636. The number of hydrogen-bond acceptors (Lipinski definition) is 3. The Labute approximate surface area is 115 Å². The van der Waals surface area contributed by atoms with Gasteiger partial charge in [0.2, 0.25) is 0 Å². The van der Waals surface area contributed by atoms with Gasteiger partial charge in [-0.05, 0) is 49.4 Å². The lowest BCUT2D eigenvalue weighted by atomic mass is 9.67. The number of nitrogens with two attached hydrogens (primary N) is 1. The van der Waals surface area contributed by atoms with Crippen LogP contribution in [0.2, 0.25) is 0 Å². The molecule has 3 heteroatoms. The Morgan fingerprint density at radius 2 is 1.84 bits per heavy atom. The maximum absolute atomic E-state index is 10.1. The van der Waals surface area contributed by atoms with Crippen molar-refractivity contribution in [3.05, 3.63) is 22.8 Å². The molecule has 0 radical (unpaired) electrons. The number of aromatic hydroxyl groups is 1. The van der Waals surface area contributed by atoms with Crippen molar-refractivity contribution in [2.24, 2.45) is 5.73 Å². The maximum atomic E-state index is 10.1. The largest absolute Gasteiger partial charge is 0.504 e. The third-order valence-electron chi connectivity index (χ3n) is 4.82. The Morgan fingerprint density at radius 1 is 1.21 bits per heavy atom. The molecule has 0 amide bonds. The SMILES string of the molecule is COc1cc(C2(CN)CCCCC2)c(C)c(C)c1O. The highest BCUT2D eigenvalue weighted by atomic mass is 16.5. The van der Waals surface area contributed by atoms with Crippen LogP contribution in [0.25, 0.3) is 0 Å². The Hall–Kier alpha value is -1.22. The van der Waals surface area contributed by atoms with Crippen LogP contribution in [0.3, 0.4) is 0 Å². The fourth-order valence-corrected chi connectivity index (χ4v) is 3.39. The lowest BCUT2D eigenvalue weighted by molar-refractivity contribution is 0.296. The summed E-state index contributed by atoms with van der Waals surface area (Å²) in [6.45, 7) is 4.70. The van der Waals surface area contributed by atoms with Crippen LogP contribution in [0, 0.1) is 13.8 Å². The van der Waals surface area contributed by atoms with Gasteiger partial charge in [-0.2, -0.15) is 0 Å². The van der Waals surface area contributed by atoms with Gasteiger partial charge in [-0.3, -0.25) is 0 Å². The van der Waals surface area contributed by atoms with Gasteiger partial charge in [-0.1, -0.05) is 19.3 Å². The van der Waals surface area contributed by atoms with Crippen LogP contribution < -0.4 is 10.5 Å². The van der Waals surface area contributed by atoms with Crippen LogP contribution in [0.4, 0.5) is 0 Å². The van der Waals surface area contributed by atoms with Gasteiger partial charge < -0.3 is 15.6 Å². The molecule has 1 fully saturated rings. The summed E-state index contributed by atoms with van der Waals surface area (Å²) in [5, 5.41) is 10.1. The fraction of sp³-hybridized carbons (Fsp3) is 0.625. The summed E-state index contributed by atoms with van der Waals surface area (Å²) in [5.41, 5.74) is 9.51. The Kier molecular flexibility index (Phi) is 4.04. The van der Waals surface area contributed by atoms with E-state index in [0.29, 0.717) is 12.3 Å². The van der Waals surface area contributed by atoms with E-state index in [2.05, 4.69) is 6.92 Å². The van der Waals surface area contributed by atoms with Crippen LogP contribution >= 0.6 is 0 Å². The first-order valence-electron chi connectivity index (χ1n) is 7.13. The molecule has 0 atom stereocenters. The first-order valence-corrected chi connectivity index (χ1v) is 7.13. The van der Waals surface area contributed by atoms with E-state index < -0.39 is 0 Å². The second kappa shape index (κ2) is 5.41. The van der Waals surface area contributed by atoms with Crippen LogP contribution in [0.15, 0.2) is 6.07 Å². The van der Waals surface area contributed by atoms with Gasteiger partial charge in [0.1, 0.15) is 0 Å². The molecule has 19 heavy (non-hydrogen) atoms. The number of hydrogen-bond donors (Lipinski definition) is 2. The number of methoxy groups -OCH3 is 1. The van der Waals surface area contributed by atoms with Gasteiger partial charge >= 0.3 is 0 Å². The molecule has 0 bridgehead atoms. The van der Waals surface area contributed by atoms with Crippen molar-refractivity contribution in [1.29, 1.82) is 0 Å². The smallest absolute Gasteiger partial charge is 0.161 e. The third-order valence-corrected chi connectivity index (χ3v) is 4.82. The zero-order valence-electron chi connectivity index (χ0n) is 12.3. The Morgan fingerprint density at radius 3 is 2.37 bits per heavy atom. The van der Waals surface area contributed by atoms with Crippen molar-refractivity contribution in [2.45, 2.75) is 51.4 Å². The van der Waals surface area contributed by atoms with Gasteiger partial charge in [-0.25, -0.2) is 0 Å². The quantitative estimate of drug-likeness (QED) is 0.880.